The third-order valence-electron chi connectivity index (χ3n) is 3.36. The molecule has 2 unspecified atom stereocenters. The summed E-state index contributed by atoms with van der Waals surface area (Å²) in [4.78, 5) is 1.07. The van der Waals surface area contributed by atoms with Crippen LogP contribution >= 0.6 is 11.8 Å². The van der Waals surface area contributed by atoms with E-state index in [1.54, 1.807) is 11.8 Å². The molecule has 2 rings (SSSR count). The van der Waals surface area contributed by atoms with Gasteiger partial charge in [0.25, 0.3) is 0 Å². The van der Waals surface area contributed by atoms with E-state index in [2.05, 4.69) is 25.2 Å². The average molecular weight is 278 g/mol. The van der Waals surface area contributed by atoms with Gasteiger partial charge in [-0.2, -0.15) is 5.26 Å². The highest BCUT2D eigenvalue weighted by atomic mass is 32.2. The number of benzene rings is 1. The number of thioether (sulfide) groups is 1. The summed E-state index contributed by atoms with van der Waals surface area (Å²) in [7, 11) is 0. The molecular weight excluding hydrogens is 259 g/mol. The van der Waals surface area contributed by atoms with Crippen LogP contribution in [0.25, 0.3) is 0 Å². The molecule has 0 aliphatic heterocycles. The van der Waals surface area contributed by atoms with E-state index in [4.69, 9.17) is 0 Å². The predicted octanol–water partition coefficient (Wildman–Crippen LogP) is 3.73. The normalized spacial score (nSPS) is 26.6. The molecule has 2 nitrogen and oxygen atoms in total. The second-order valence-corrected chi connectivity index (χ2v) is 6.80. The lowest BCUT2D eigenvalue weighted by atomic mass is 9.99. The standard InChI is InChI=1S/C15H19FN2S/c1-11(2)18-15(10-17)8-7-14(9-15)19-13-5-3-12(16)4-6-13/h3-6,11,14,18H,7-9H2,1-2H3. The molecule has 0 bridgehead atoms. The number of nitrogens with one attached hydrogen (secondary N) is 1. The van der Waals surface area contributed by atoms with Crippen molar-refractivity contribution in [1.29, 1.82) is 5.26 Å². The fourth-order valence-electron chi connectivity index (χ4n) is 2.62. The maximum atomic E-state index is 12.9. The Balaban J connectivity index is 1.98. The molecular formula is C15H19FN2S. The molecule has 0 amide bonds. The molecule has 1 aliphatic rings. The first kappa shape index (κ1) is 14.4. The fraction of sp³-hybridized carbons (Fsp3) is 0.533. The molecule has 0 spiro atoms. The van der Waals surface area contributed by atoms with Crippen LogP contribution in [0.2, 0.25) is 0 Å². The number of nitrogens with zero attached hydrogens (tertiary/aromatic N) is 1. The van der Waals surface area contributed by atoms with E-state index in [1.165, 1.54) is 12.1 Å². The van der Waals surface area contributed by atoms with Crippen molar-refractivity contribution in [2.45, 2.75) is 54.8 Å². The van der Waals surface area contributed by atoms with Crippen molar-refractivity contribution in [2.24, 2.45) is 0 Å². The maximum Gasteiger partial charge on any atom is 0.123 e. The first-order chi connectivity index (χ1) is 9.03. The SMILES string of the molecule is CC(C)NC1(C#N)CCC(Sc2ccc(F)cc2)C1. The maximum absolute atomic E-state index is 12.9. The number of hydrogen-bond acceptors (Lipinski definition) is 3. The van der Waals surface area contributed by atoms with Gasteiger partial charge in [0.05, 0.1) is 6.07 Å². The highest BCUT2D eigenvalue weighted by Crippen LogP contribution is 2.40. The van der Waals surface area contributed by atoms with Crippen molar-refractivity contribution in [3.63, 3.8) is 0 Å². The second kappa shape index (κ2) is 5.94. The van der Waals surface area contributed by atoms with Crippen molar-refractivity contribution >= 4 is 11.8 Å². The van der Waals surface area contributed by atoms with Crippen LogP contribution in [0, 0.1) is 17.1 Å². The highest BCUT2D eigenvalue weighted by Gasteiger charge is 2.39. The second-order valence-electron chi connectivity index (χ2n) is 5.43. The summed E-state index contributed by atoms with van der Waals surface area (Å²) in [5.41, 5.74) is -0.383. The molecule has 102 valence electrons. The van der Waals surface area contributed by atoms with Crippen LogP contribution < -0.4 is 5.32 Å². The van der Waals surface area contributed by atoms with Crippen molar-refractivity contribution in [1.82, 2.24) is 5.32 Å². The molecule has 4 heteroatoms. The van der Waals surface area contributed by atoms with E-state index < -0.39 is 0 Å². The fourth-order valence-corrected chi connectivity index (χ4v) is 3.91. The van der Waals surface area contributed by atoms with Gasteiger partial charge in [0.1, 0.15) is 11.4 Å². The highest BCUT2D eigenvalue weighted by molar-refractivity contribution is 8.00. The quantitative estimate of drug-likeness (QED) is 0.911. The van der Waals surface area contributed by atoms with Crippen LogP contribution in [0.1, 0.15) is 33.1 Å². The Hall–Kier alpha value is -1.05. The van der Waals surface area contributed by atoms with E-state index in [0.29, 0.717) is 11.3 Å². The summed E-state index contributed by atoms with van der Waals surface area (Å²) >= 11 is 1.75. The Morgan fingerprint density at radius 2 is 2.11 bits per heavy atom. The van der Waals surface area contributed by atoms with Gasteiger partial charge in [-0.3, -0.25) is 5.32 Å². The van der Waals surface area contributed by atoms with Crippen LogP contribution in [0.4, 0.5) is 4.39 Å². The average Bonchev–Trinajstić information content (AvgIpc) is 2.75. The summed E-state index contributed by atoms with van der Waals surface area (Å²) < 4.78 is 12.9. The van der Waals surface area contributed by atoms with Gasteiger partial charge in [0.2, 0.25) is 0 Å². The van der Waals surface area contributed by atoms with Crippen molar-refractivity contribution in [2.75, 3.05) is 0 Å². The summed E-state index contributed by atoms with van der Waals surface area (Å²) in [6.45, 7) is 4.14. The van der Waals surface area contributed by atoms with Gasteiger partial charge < -0.3 is 0 Å². The number of hydrogen-bond donors (Lipinski definition) is 1. The minimum atomic E-state index is -0.383. The van der Waals surface area contributed by atoms with Gasteiger partial charge in [-0.1, -0.05) is 0 Å². The minimum absolute atomic E-state index is 0.205. The van der Waals surface area contributed by atoms with Gasteiger partial charge in [-0.05, 0) is 57.4 Å². The van der Waals surface area contributed by atoms with Gasteiger partial charge in [0, 0.05) is 16.2 Å². The lowest BCUT2D eigenvalue weighted by Gasteiger charge is -2.25. The largest absolute Gasteiger partial charge is 0.297 e. The van der Waals surface area contributed by atoms with Crippen LogP contribution in [0.15, 0.2) is 29.2 Å². The number of nitriles is 1. The van der Waals surface area contributed by atoms with Crippen LogP contribution in [-0.4, -0.2) is 16.8 Å². The summed E-state index contributed by atoms with van der Waals surface area (Å²) in [6, 6.07) is 9.35. The predicted molar refractivity (Wildman–Crippen MR) is 76.5 cm³/mol. The Morgan fingerprint density at radius 1 is 1.42 bits per heavy atom. The van der Waals surface area contributed by atoms with Crippen molar-refractivity contribution < 1.29 is 4.39 Å². The molecule has 0 aromatic heterocycles. The van der Waals surface area contributed by atoms with Gasteiger partial charge in [0.15, 0.2) is 0 Å². The zero-order chi connectivity index (χ0) is 13.9. The Labute approximate surface area is 118 Å². The molecule has 2 atom stereocenters. The third kappa shape index (κ3) is 3.71. The summed E-state index contributed by atoms with van der Waals surface area (Å²) in [5, 5.41) is 13.2. The van der Waals surface area contributed by atoms with E-state index in [-0.39, 0.29) is 11.4 Å². The lowest BCUT2D eigenvalue weighted by Crippen LogP contribution is -2.45. The summed E-state index contributed by atoms with van der Waals surface area (Å²) in [6.07, 6.45) is 2.76. The third-order valence-corrected chi connectivity index (χ3v) is 4.64. The Morgan fingerprint density at radius 3 is 2.68 bits per heavy atom. The zero-order valence-electron chi connectivity index (χ0n) is 11.3. The first-order valence-corrected chi connectivity index (χ1v) is 7.52. The smallest absolute Gasteiger partial charge is 0.123 e. The monoisotopic (exact) mass is 278 g/mol. The molecule has 1 aliphatic carbocycles. The molecule has 19 heavy (non-hydrogen) atoms. The van der Waals surface area contributed by atoms with Crippen LogP contribution in [0.5, 0.6) is 0 Å². The topological polar surface area (TPSA) is 35.8 Å². The molecule has 0 saturated heterocycles. The van der Waals surface area contributed by atoms with Crippen LogP contribution in [0.3, 0.4) is 0 Å². The first-order valence-electron chi connectivity index (χ1n) is 6.64. The molecule has 0 radical (unpaired) electrons. The summed E-state index contributed by atoms with van der Waals surface area (Å²) in [5.74, 6) is -0.205. The van der Waals surface area contributed by atoms with Crippen molar-refractivity contribution in [3.05, 3.63) is 30.1 Å². The number of rotatable bonds is 4. The molecule has 1 fully saturated rings. The van der Waals surface area contributed by atoms with Gasteiger partial charge >= 0.3 is 0 Å². The molecule has 0 heterocycles. The van der Waals surface area contributed by atoms with E-state index in [1.807, 2.05) is 12.1 Å². The minimum Gasteiger partial charge on any atom is -0.297 e. The van der Waals surface area contributed by atoms with Crippen LogP contribution in [-0.2, 0) is 0 Å². The van der Waals surface area contributed by atoms with Crippen molar-refractivity contribution in [3.8, 4) is 6.07 Å². The number of halogens is 1. The lowest BCUT2D eigenvalue weighted by molar-refractivity contribution is 0.386. The van der Waals surface area contributed by atoms with E-state index >= 15 is 0 Å². The van der Waals surface area contributed by atoms with Gasteiger partial charge in [-0.25, -0.2) is 4.39 Å². The Bertz CT molecular complexity index is 466. The molecule has 1 saturated carbocycles. The molecule has 1 aromatic carbocycles. The van der Waals surface area contributed by atoms with Gasteiger partial charge in [-0.15, -0.1) is 11.8 Å². The Kier molecular flexibility index (Phi) is 4.49. The molecule has 1 aromatic rings. The van der Waals surface area contributed by atoms with E-state index in [0.717, 1.165) is 24.2 Å². The zero-order valence-corrected chi connectivity index (χ0v) is 12.1. The molecule has 1 N–H and O–H groups in total. The van der Waals surface area contributed by atoms with E-state index in [9.17, 15) is 9.65 Å².